The zero-order valence-electron chi connectivity index (χ0n) is 11.7. The Morgan fingerprint density at radius 2 is 1.96 bits per heavy atom. The van der Waals surface area contributed by atoms with E-state index in [1.54, 1.807) is 6.07 Å². The minimum Gasteiger partial charge on any atom is -0.435 e. The first-order valence-corrected chi connectivity index (χ1v) is 6.90. The van der Waals surface area contributed by atoms with Gasteiger partial charge < -0.3 is 15.2 Å². The van der Waals surface area contributed by atoms with Gasteiger partial charge >= 0.3 is 6.61 Å². The molecule has 23 heavy (non-hydrogen) atoms. The van der Waals surface area contributed by atoms with Gasteiger partial charge in [-0.3, -0.25) is 0 Å². The lowest BCUT2D eigenvalue weighted by atomic mass is 10.1. The van der Waals surface area contributed by atoms with Gasteiger partial charge in [0.1, 0.15) is 17.6 Å². The maximum Gasteiger partial charge on any atom is 0.387 e. The molecular formula is C15H12ClF2N3O2. The lowest BCUT2D eigenvalue weighted by molar-refractivity contribution is -0.0498. The van der Waals surface area contributed by atoms with Crippen molar-refractivity contribution in [1.29, 1.82) is 5.26 Å². The third-order valence-corrected chi connectivity index (χ3v) is 3.22. The molecule has 2 rings (SSSR count). The second kappa shape index (κ2) is 7.72. The molecule has 0 unspecified atom stereocenters. The van der Waals surface area contributed by atoms with E-state index >= 15 is 0 Å². The van der Waals surface area contributed by atoms with Gasteiger partial charge in [0.2, 0.25) is 0 Å². The predicted molar refractivity (Wildman–Crippen MR) is 80.5 cm³/mol. The van der Waals surface area contributed by atoms with Crippen LogP contribution in [-0.2, 0) is 0 Å². The number of aliphatic hydroxyl groups excluding tert-OH is 1. The number of nitriles is 1. The van der Waals surface area contributed by atoms with Gasteiger partial charge in [0, 0.05) is 6.54 Å². The summed E-state index contributed by atoms with van der Waals surface area (Å²) < 4.78 is 28.3. The molecule has 0 amide bonds. The maximum atomic E-state index is 12.1. The summed E-state index contributed by atoms with van der Waals surface area (Å²) in [4.78, 5) is 3.98. The van der Waals surface area contributed by atoms with Crippen molar-refractivity contribution < 1.29 is 18.6 Å². The Morgan fingerprint density at radius 1 is 1.26 bits per heavy atom. The van der Waals surface area contributed by atoms with Gasteiger partial charge in [-0.1, -0.05) is 23.7 Å². The second-order valence-corrected chi connectivity index (χ2v) is 4.89. The van der Waals surface area contributed by atoms with Gasteiger partial charge in [0.05, 0.1) is 11.1 Å². The van der Waals surface area contributed by atoms with Crippen molar-refractivity contribution in [3.63, 3.8) is 0 Å². The monoisotopic (exact) mass is 339 g/mol. The summed E-state index contributed by atoms with van der Waals surface area (Å²) in [7, 11) is 0. The molecule has 1 heterocycles. The normalized spacial score (nSPS) is 11.8. The zero-order valence-corrected chi connectivity index (χ0v) is 12.5. The third-order valence-electron chi connectivity index (χ3n) is 2.92. The first kappa shape index (κ1) is 16.9. The van der Waals surface area contributed by atoms with E-state index in [2.05, 4.69) is 15.0 Å². The molecule has 0 bridgehead atoms. The molecule has 0 aliphatic rings. The summed E-state index contributed by atoms with van der Waals surface area (Å²) in [5.41, 5.74) is 0.605. The van der Waals surface area contributed by atoms with Gasteiger partial charge in [-0.25, -0.2) is 4.98 Å². The van der Waals surface area contributed by atoms with Crippen molar-refractivity contribution >= 4 is 17.4 Å². The quantitative estimate of drug-likeness (QED) is 0.843. The molecule has 1 atom stereocenters. The number of aliphatic hydroxyl groups is 1. The number of hydrogen-bond acceptors (Lipinski definition) is 5. The van der Waals surface area contributed by atoms with Crippen molar-refractivity contribution in [3.8, 4) is 11.8 Å². The van der Waals surface area contributed by atoms with Crippen LogP contribution >= 0.6 is 11.6 Å². The van der Waals surface area contributed by atoms with Crippen molar-refractivity contribution in [2.75, 3.05) is 11.9 Å². The van der Waals surface area contributed by atoms with E-state index < -0.39 is 12.7 Å². The molecule has 0 fully saturated rings. The number of nitrogens with one attached hydrogen (secondary N) is 1. The highest BCUT2D eigenvalue weighted by Crippen LogP contribution is 2.20. The number of rotatable bonds is 6. The van der Waals surface area contributed by atoms with Gasteiger partial charge in [-0.05, 0) is 29.8 Å². The zero-order chi connectivity index (χ0) is 16.8. The second-order valence-electron chi connectivity index (χ2n) is 4.48. The Hall–Kier alpha value is -2.43. The van der Waals surface area contributed by atoms with Gasteiger partial charge in [-0.15, -0.1) is 0 Å². The highest BCUT2D eigenvalue weighted by atomic mass is 35.5. The van der Waals surface area contributed by atoms with Gasteiger partial charge in [0.15, 0.2) is 5.69 Å². The Morgan fingerprint density at radius 3 is 2.57 bits per heavy atom. The van der Waals surface area contributed by atoms with Crippen LogP contribution in [-0.4, -0.2) is 23.2 Å². The molecule has 1 aromatic heterocycles. The molecule has 1 aromatic carbocycles. The van der Waals surface area contributed by atoms with Gasteiger partial charge in [0.25, 0.3) is 0 Å². The Kier molecular flexibility index (Phi) is 5.68. The summed E-state index contributed by atoms with van der Waals surface area (Å²) in [5, 5.41) is 22.0. The molecule has 2 aromatic rings. The fourth-order valence-electron chi connectivity index (χ4n) is 1.81. The maximum absolute atomic E-state index is 12.1. The van der Waals surface area contributed by atoms with Crippen molar-refractivity contribution in [2.24, 2.45) is 0 Å². The summed E-state index contributed by atoms with van der Waals surface area (Å²) in [6.07, 6.45) is -0.890. The molecule has 0 saturated carbocycles. The number of hydrogen-bond donors (Lipinski definition) is 2. The molecular weight excluding hydrogens is 328 g/mol. The summed E-state index contributed by atoms with van der Waals surface area (Å²) in [6, 6.07) is 10.6. The number of benzene rings is 1. The van der Waals surface area contributed by atoms with Gasteiger partial charge in [-0.2, -0.15) is 14.0 Å². The smallest absolute Gasteiger partial charge is 0.387 e. The third kappa shape index (κ3) is 4.77. The molecule has 0 aliphatic carbocycles. The number of aromatic nitrogens is 1. The molecule has 8 heteroatoms. The van der Waals surface area contributed by atoms with E-state index in [-0.39, 0.29) is 23.0 Å². The van der Waals surface area contributed by atoms with Crippen LogP contribution < -0.4 is 10.1 Å². The number of halogens is 3. The van der Waals surface area contributed by atoms with E-state index in [1.165, 1.54) is 30.3 Å². The number of ether oxygens (including phenoxy) is 1. The van der Waals surface area contributed by atoms with Crippen LogP contribution in [0, 0.1) is 11.3 Å². The lowest BCUT2D eigenvalue weighted by Gasteiger charge is -2.13. The topological polar surface area (TPSA) is 78.2 Å². The highest BCUT2D eigenvalue weighted by molar-refractivity contribution is 6.31. The minimum absolute atomic E-state index is 0.0157. The van der Waals surface area contributed by atoms with Crippen LogP contribution in [0.25, 0.3) is 0 Å². The first-order chi connectivity index (χ1) is 11.0. The fraction of sp³-hybridized carbons (Fsp3) is 0.200. The predicted octanol–water partition coefficient (Wildman–Crippen LogP) is 3.35. The van der Waals surface area contributed by atoms with Crippen LogP contribution in [0.4, 0.5) is 14.6 Å². The van der Waals surface area contributed by atoms with E-state index in [9.17, 15) is 13.9 Å². The number of anilines is 1. The standard InChI is InChI=1S/C15H12ClF2N3O2/c16-11-5-6-14(21-12(11)7-19)20-8-13(22)9-1-3-10(4-2-9)23-15(17)18/h1-6,13,15,22H,8H2,(H,20,21)/t13-/m1/s1. The summed E-state index contributed by atoms with van der Waals surface area (Å²) >= 11 is 5.78. The Balaban J connectivity index is 1.97. The number of pyridine rings is 1. The lowest BCUT2D eigenvalue weighted by Crippen LogP contribution is -2.13. The van der Waals surface area contributed by atoms with Crippen LogP contribution in [0.15, 0.2) is 36.4 Å². The van der Waals surface area contributed by atoms with Crippen molar-refractivity contribution in [2.45, 2.75) is 12.7 Å². The molecule has 120 valence electrons. The van der Waals surface area contributed by atoms with E-state index in [0.717, 1.165) is 0 Å². The minimum atomic E-state index is -2.89. The average Bonchev–Trinajstić information content (AvgIpc) is 2.54. The van der Waals surface area contributed by atoms with Crippen LogP contribution in [0.1, 0.15) is 17.4 Å². The molecule has 5 nitrogen and oxygen atoms in total. The molecule has 0 spiro atoms. The number of alkyl halides is 2. The Bertz CT molecular complexity index is 705. The summed E-state index contributed by atoms with van der Waals surface area (Å²) in [6.45, 7) is -2.77. The van der Waals surface area contributed by atoms with Crippen LogP contribution in [0.3, 0.4) is 0 Å². The van der Waals surface area contributed by atoms with Crippen LogP contribution in [0.2, 0.25) is 5.02 Å². The first-order valence-electron chi connectivity index (χ1n) is 6.53. The molecule has 0 saturated heterocycles. The van der Waals surface area contributed by atoms with E-state index in [1.807, 2.05) is 6.07 Å². The molecule has 0 aliphatic heterocycles. The number of nitrogens with zero attached hydrogens (tertiary/aromatic N) is 2. The molecule has 0 radical (unpaired) electrons. The largest absolute Gasteiger partial charge is 0.435 e. The molecule has 2 N–H and O–H groups in total. The van der Waals surface area contributed by atoms with Crippen molar-refractivity contribution in [3.05, 3.63) is 52.7 Å². The van der Waals surface area contributed by atoms with Crippen molar-refractivity contribution in [1.82, 2.24) is 4.98 Å². The highest BCUT2D eigenvalue weighted by Gasteiger charge is 2.10. The fourth-order valence-corrected chi connectivity index (χ4v) is 1.96. The Labute approximate surface area is 136 Å². The summed E-state index contributed by atoms with van der Waals surface area (Å²) in [5.74, 6) is 0.407. The van der Waals surface area contributed by atoms with E-state index in [0.29, 0.717) is 11.4 Å². The van der Waals surface area contributed by atoms with E-state index in [4.69, 9.17) is 16.9 Å². The average molecular weight is 340 g/mol. The SMILES string of the molecule is N#Cc1nc(NC[C@@H](O)c2ccc(OC(F)F)cc2)ccc1Cl. The van der Waals surface area contributed by atoms with Crippen LogP contribution in [0.5, 0.6) is 5.75 Å².